The summed E-state index contributed by atoms with van der Waals surface area (Å²) in [5.74, 6) is 0. The van der Waals surface area contributed by atoms with E-state index in [0.29, 0.717) is 0 Å². The van der Waals surface area contributed by atoms with Gasteiger partial charge in [-0.25, -0.2) is 0 Å². The maximum absolute atomic E-state index is 11.1. The second kappa shape index (κ2) is 5.65. The van der Waals surface area contributed by atoms with Gasteiger partial charge in [-0.1, -0.05) is 18.2 Å². The first-order valence-electron chi connectivity index (χ1n) is 7.58. The number of hydrogen-bond donors (Lipinski definition) is 1. The predicted molar refractivity (Wildman–Crippen MR) is 90.1 cm³/mol. The molecule has 1 heteroatoms. The van der Waals surface area contributed by atoms with Crippen LogP contribution in [0.25, 0.3) is 0 Å². The van der Waals surface area contributed by atoms with Crippen molar-refractivity contribution in [2.24, 2.45) is 0 Å². The number of hydrogen-bond acceptors (Lipinski definition) is 1. The Morgan fingerprint density at radius 3 is 1.43 bits per heavy atom. The molecule has 112 valence electrons. The molecule has 0 spiro atoms. The molecular formula is C20H26O. The first kappa shape index (κ1) is 15.8. The molecule has 0 heterocycles. The molecule has 1 unspecified atom stereocenters. The molecule has 0 aromatic heterocycles. The third kappa shape index (κ3) is 2.51. The lowest BCUT2D eigenvalue weighted by molar-refractivity contribution is 0.217. The first-order valence-corrected chi connectivity index (χ1v) is 7.58. The highest BCUT2D eigenvalue weighted by Crippen LogP contribution is 2.35. The number of aliphatic hydroxyl groups excluding tert-OH is 1. The summed E-state index contributed by atoms with van der Waals surface area (Å²) in [5, 5.41) is 11.1. The smallest absolute Gasteiger partial charge is 0.105 e. The second-order valence-electron chi connectivity index (χ2n) is 6.25. The summed E-state index contributed by atoms with van der Waals surface area (Å²) >= 11 is 0. The van der Waals surface area contributed by atoms with Crippen LogP contribution in [0, 0.1) is 48.5 Å². The van der Waals surface area contributed by atoms with E-state index < -0.39 is 6.10 Å². The van der Waals surface area contributed by atoms with E-state index in [9.17, 15) is 5.11 Å². The molecule has 2 aromatic rings. The van der Waals surface area contributed by atoms with Crippen molar-refractivity contribution in [2.75, 3.05) is 0 Å². The number of aliphatic hydroxyl groups is 1. The van der Waals surface area contributed by atoms with Crippen LogP contribution in [0.3, 0.4) is 0 Å². The fraction of sp³-hybridized carbons (Fsp3) is 0.400. The monoisotopic (exact) mass is 282 g/mol. The van der Waals surface area contributed by atoms with Crippen molar-refractivity contribution >= 4 is 0 Å². The Hall–Kier alpha value is -1.60. The molecule has 2 rings (SSSR count). The highest BCUT2D eigenvalue weighted by atomic mass is 16.3. The third-order valence-corrected chi connectivity index (χ3v) is 5.15. The van der Waals surface area contributed by atoms with Crippen LogP contribution in [-0.4, -0.2) is 5.11 Å². The SMILES string of the molecule is Cc1cccc(C)c1C(O)c1c(C)c(C)c(C)c(C)c1C. The van der Waals surface area contributed by atoms with E-state index in [1.54, 1.807) is 0 Å². The Labute approximate surface area is 128 Å². The van der Waals surface area contributed by atoms with Gasteiger partial charge in [-0.3, -0.25) is 0 Å². The van der Waals surface area contributed by atoms with Crippen molar-refractivity contribution in [1.29, 1.82) is 0 Å². The van der Waals surface area contributed by atoms with E-state index in [-0.39, 0.29) is 0 Å². The standard InChI is InChI=1S/C20H26O/c1-11-9-8-10-12(2)18(11)20(21)19-16(6)14(4)13(3)15(5)17(19)7/h8-10,20-21H,1-7H3. The molecule has 0 bridgehead atoms. The Kier molecular flexibility index (Phi) is 4.25. The summed E-state index contributed by atoms with van der Waals surface area (Å²) < 4.78 is 0. The molecule has 0 fully saturated rings. The fourth-order valence-electron chi connectivity index (χ4n) is 3.34. The van der Waals surface area contributed by atoms with Gasteiger partial charge in [-0.15, -0.1) is 0 Å². The number of aryl methyl sites for hydroxylation is 2. The van der Waals surface area contributed by atoms with Crippen LogP contribution in [0.1, 0.15) is 56.2 Å². The van der Waals surface area contributed by atoms with E-state index in [1.165, 1.54) is 27.8 Å². The van der Waals surface area contributed by atoms with Crippen LogP contribution in [0.15, 0.2) is 18.2 Å². The summed E-state index contributed by atoms with van der Waals surface area (Å²) in [4.78, 5) is 0. The zero-order chi connectivity index (χ0) is 15.9. The van der Waals surface area contributed by atoms with E-state index in [2.05, 4.69) is 60.6 Å². The van der Waals surface area contributed by atoms with Gasteiger partial charge >= 0.3 is 0 Å². The molecule has 0 saturated carbocycles. The van der Waals surface area contributed by atoms with Crippen LogP contribution in [0.2, 0.25) is 0 Å². The largest absolute Gasteiger partial charge is 0.384 e. The van der Waals surface area contributed by atoms with Crippen LogP contribution in [-0.2, 0) is 0 Å². The van der Waals surface area contributed by atoms with Crippen molar-refractivity contribution in [3.63, 3.8) is 0 Å². The minimum Gasteiger partial charge on any atom is -0.384 e. The van der Waals surface area contributed by atoms with E-state index >= 15 is 0 Å². The second-order valence-corrected chi connectivity index (χ2v) is 6.25. The van der Waals surface area contributed by atoms with E-state index in [4.69, 9.17) is 0 Å². The summed E-state index contributed by atoms with van der Waals surface area (Å²) in [7, 11) is 0. The molecule has 0 aliphatic carbocycles. The fourth-order valence-corrected chi connectivity index (χ4v) is 3.34. The first-order chi connectivity index (χ1) is 9.77. The van der Waals surface area contributed by atoms with Gasteiger partial charge in [0.1, 0.15) is 6.10 Å². The quantitative estimate of drug-likeness (QED) is 0.828. The Balaban J connectivity index is 2.73. The van der Waals surface area contributed by atoms with Crippen molar-refractivity contribution in [2.45, 2.75) is 54.6 Å². The topological polar surface area (TPSA) is 20.2 Å². The molecule has 1 atom stereocenters. The molecule has 0 aliphatic heterocycles. The predicted octanol–water partition coefficient (Wildman–Crippen LogP) is 4.93. The van der Waals surface area contributed by atoms with Gasteiger partial charge in [0.25, 0.3) is 0 Å². The molecule has 0 aliphatic rings. The zero-order valence-corrected chi connectivity index (χ0v) is 14.3. The lowest BCUT2D eigenvalue weighted by Gasteiger charge is -2.24. The average molecular weight is 282 g/mol. The lowest BCUT2D eigenvalue weighted by Crippen LogP contribution is -2.11. The molecule has 21 heavy (non-hydrogen) atoms. The Morgan fingerprint density at radius 2 is 1.00 bits per heavy atom. The van der Waals surface area contributed by atoms with Gasteiger partial charge < -0.3 is 5.11 Å². The third-order valence-electron chi connectivity index (χ3n) is 5.15. The van der Waals surface area contributed by atoms with Crippen LogP contribution in [0.5, 0.6) is 0 Å². The van der Waals surface area contributed by atoms with Gasteiger partial charge in [0.15, 0.2) is 0 Å². The van der Waals surface area contributed by atoms with Crippen molar-refractivity contribution < 1.29 is 5.11 Å². The van der Waals surface area contributed by atoms with Gasteiger partial charge in [0.2, 0.25) is 0 Å². The summed E-state index contributed by atoms with van der Waals surface area (Å²) in [6.07, 6.45) is -0.552. The molecule has 0 saturated heterocycles. The minimum absolute atomic E-state index is 0.552. The molecule has 0 radical (unpaired) electrons. The number of rotatable bonds is 2. The summed E-state index contributed by atoms with van der Waals surface area (Å²) in [6, 6.07) is 6.19. The van der Waals surface area contributed by atoms with Gasteiger partial charge in [0.05, 0.1) is 0 Å². The van der Waals surface area contributed by atoms with Gasteiger partial charge in [-0.2, -0.15) is 0 Å². The highest BCUT2D eigenvalue weighted by Gasteiger charge is 2.22. The van der Waals surface area contributed by atoms with Crippen molar-refractivity contribution in [3.8, 4) is 0 Å². The van der Waals surface area contributed by atoms with Gasteiger partial charge in [0, 0.05) is 0 Å². The van der Waals surface area contributed by atoms with Crippen LogP contribution >= 0.6 is 0 Å². The number of benzene rings is 2. The molecular weight excluding hydrogens is 256 g/mol. The Morgan fingerprint density at radius 1 is 0.619 bits per heavy atom. The average Bonchev–Trinajstić information content (AvgIpc) is 2.43. The maximum Gasteiger partial charge on any atom is 0.105 e. The normalized spacial score (nSPS) is 12.6. The molecule has 1 N–H and O–H groups in total. The van der Waals surface area contributed by atoms with Crippen LogP contribution in [0.4, 0.5) is 0 Å². The van der Waals surface area contributed by atoms with Crippen LogP contribution < -0.4 is 0 Å². The van der Waals surface area contributed by atoms with E-state index in [1.807, 2.05) is 6.07 Å². The lowest BCUT2D eigenvalue weighted by atomic mass is 9.83. The van der Waals surface area contributed by atoms with E-state index in [0.717, 1.165) is 22.3 Å². The molecule has 2 aromatic carbocycles. The Bertz CT molecular complexity index is 646. The molecule has 0 amide bonds. The molecule has 1 nitrogen and oxygen atoms in total. The van der Waals surface area contributed by atoms with Gasteiger partial charge in [-0.05, 0) is 98.5 Å². The maximum atomic E-state index is 11.1. The zero-order valence-electron chi connectivity index (χ0n) is 14.3. The summed E-state index contributed by atoms with van der Waals surface area (Å²) in [6.45, 7) is 14.9. The highest BCUT2D eigenvalue weighted by molar-refractivity contribution is 5.53. The van der Waals surface area contributed by atoms with Crippen molar-refractivity contribution in [1.82, 2.24) is 0 Å². The minimum atomic E-state index is -0.552. The van der Waals surface area contributed by atoms with Crippen molar-refractivity contribution in [3.05, 3.63) is 68.3 Å². The summed E-state index contributed by atoms with van der Waals surface area (Å²) in [5.41, 5.74) is 10.8.